The summed E-state index contributed by atoms with van der Waals surface area (Å²) >= 11 is 0. The molecule has 44 heavy (non-hydrogen) atoms. The van der Waals surface area contributed by atoms with Gasteiger partial charge in [0.25, 0.3) is 0 Å². The van der Waals surface area contributed by atoms with Crippen LogP contribution in [-0.4, -0.2) is 115 Å². The fourth-order valence-electron chi connectivity index (χ4n) is 5.99. The zero-order valence-electron chi connectivity index (χ0n) is 26.7. The molecule has 0 saturated carbocycles. The molecule has 240 valence electrons. The molecule has 12 heteroatoms. The van der Waals surface area contributed by atoms with Crippen LogP contribution in [0.3, 0.4) is 0 Å². The van der Waals surface area contributed by atoms with Crippen LogP contribution in [0.5, 0.6) is 6.01 Å². The molecule has 2 saturated heterocycles. The Morgan fingerprint density at radius 2 is 1.77 bits per heavy atom. The smallest absolute Gasteiger partial charge is 0.410 e. The second-order valence-electron chi connectivity index (χ2n) is 12.8. The number of carbonyl (C=O) groups is 2. The van der Waals surface area contributed by atoms with Crippen molar-refractivity contribution in [1.82, 2.24) is 24.7 Å². The second kappa shape index (κ2) is 14.0. The van der Waals surface area contributed by atoms with Crippen molar-refractivity contribution in [1.29, 1.82) is 0 Å². The fraction of sp³-hybridized carbons (Fsp3) is 0.625. The molecule has 5 rings (SSSR count). The summed E-state index contributed by atoms with van der Waals surface area (Å²) in [4.78, 5) is 43.7. The summed E-state index contributed by atoms with van der Waals surface area (Å²) in [5.41, 5.74) is 2.09. The molecule has 0 aliphatic carbocycles. The number of anilines is 1. The average Bonchev–Trinajstić information content (AvgIpc) is 3.42. The maximum Gasteiger partial charge on any atom is 0.410 e. The van der Waals surface area contributed by atoms with Crippen LogP contribution in [0.25, 0.3) is 0 Å². The summed E-state index contributed by atoms with van der Waals surface area (Å²) in [7, 11) is 3.75. The maximum absolute atomic E-state index is 13.1. The van der Waals surface area contributed by atoms with Crippen LogP contribution in [0.2, 0.25) is 0 Å². The van der Waals surface area contributed by atoms with Crippen molar-refractivity contribution in [3.8, 4) is 6.01 Å². The first kappa shape index (κ1) is 31.8. The molecular formula is C32H46N6O6. The zero-order chi connectivity index (χ0) is 31.3. The van der Waals surface area contributed by atoms with Crippen molar-refractivity contribution in [3.05, 3.63) is 47.2 Å². The van der Waals surface area contributed by atoms with Crippen LogP contribution in [0.4, 0.5) is 15.4 Å². The monoisotopic (exact) mass is 610 g/mol. The third-order valence-electron chi connectivity index (χ3n) is 8.33. The number of aromatic nitrogens is 2. The minimum absolute atomic E-state index is 0.212. The summed E-state index contributed by atoms with van der Waals surface area (Å²) in [6.45, 7) is 10.1. The van der Waals surface area contributed by atoms with E-state index >= 15 is 0 Å². The number of likely N-dealkylation sites (N-methyl/N-ethyl adjacent to an activating group) is 1. The van der Waals surface area contributed by atoms with E-state index in [9.17, 15) is 9.59 Å². The largest absolute Gasteiger partial charge is 0.462 e. The molecule has 0 N–H and O–H groups in total. The number of rotatable bonds is 8. The van der Waals surface area contributed by atoms with Crippen LogP contribution >= 0.6 is 0 Å². The predicted octanol–water partition coefficient (Wildman–Crippen LogP) is 3.72. The lowest BCUT2D eigenvalue weighted by atomic mass is 10.0. The van der Waals surface area contributed by atoms with Gasteiger partial charge in [0.15, 0.2) is 0 Å². The Labute approximate surface area is 260 Å². The molecule has 0 unspecified atom stereocenters. The Hall–Kier alpha value is -3.64. The molecule has 1 aromatic carbocycles. The third kappa shape index (κ3) is 7.89. The van der Waals surface area contributed by atoms with Gasteiger partial charge >= 0.3 is 18.2 Å². The Bertz CT molecular complexity index is 1290. The molecule has 12 nitrogen and oxygen atoms in total. The van der Waals surface area contributed by atoms with Crippen molar-refractivity contribution in [2.75, 3.05) is 65.0 Å². The third-order valence-corrected chi connectivity index (χ3v) is 8.33. The predicted molar refractivity (Wildman–Crippen MR) is 165 cm³/mol. The lowest BCUT2D eigenvalue weighted by Crippen LogP contribution is -2.58. The number of ether oxygens (including phenoxy) is 4. The minimum atomic E-state index is -0.592. The number of benzene rings is 1. The van der Waals surface area contributed by atoms with Gasteiger partial charge in [-0.15, -0.1) is 0 Å². The quantitative estimate of drug-likeness (QED) is 0.439. The van der Waals surface area contributed by atoms with E-state index in [1.807, 2.05) is 51.1 Å². The molecule has 2 aromatic rings. The van der Waals surface area contributed by atoms with E-state index in [1.165, 1.54) is 0 Å². The van der Waals surface area contributed by atoms with Crippen molar-refractivity contribution in [2.45, 2.75) is 70.9 Å². The van der Waals surface area contributed by atoms with E-state index in [-0.39, 0.29) is 24.8 Å². The number of nitrogens with zero attached hydrogens (tertiary/aromatic N) is 6. The fourth-order valence-corrected chi connectivity index (χ4v) is 5.99. The standard InChI is InChI=1S/C32H46N6O6/c1-32(2,3)44-31(40)38-17-16-36(18-25(38)21-41-5)28-26-13-15-37(30(39)43-20-23-10-7-6-8-11-23)19-27(26)33-29(34-28)42-22-24-12-9-14-35(24)4/h6-8,10-11,24-25H,9,12-22H2,1-5H3/t24-,25-/m0/s1. The van der Waals surface area contributed by atoms with E-state index < -0.39 is 5.60 Å². The van der Waals surface area contributed by atoms with Gasteiger partial charge in [0, 0.05) is 44.9 Å². The number of amides is 2. The van der Waals surface area contributed by atoms with Gasteiger partial charge in [-0.1, -0.05) is 30.3 Å². The van der Waals surface area contributed by atoms with Crippen LogP contribution in [-0.2, 0) is 33.8 Å². The van der Waals surface area contributed by atoms with Gasteiger partial charge in [0.2, 0.25) is 0 Å². The van der Waals surface area contributed by atoms with E-state index in [4.69, 9.17) is 28.9 Å². The van der Waals surface area contributed by atoms with Crippen LogP contribution in [0, 0.1) is 0 Å². The van der Waals surface area contributed by atoms with Gasteiger partial charge in [-0.3, -0.25) is 4.90 Å². The van der Waals surface area contributed by atoms with Crippen molar-refractivity contribution in [2.24, 2.45) is 0 Å². The first-order valence-electron chi connectivity index (χ1n) is 15.5. The molecule has 4 heterocycles. The second-order valence-corrected chi connectivity index (χ2v) is 12.8. The van der Waals surface area contributed by atoms with Gasteiger partial charge < -0.3 is 33.6 Å². The number of likely N-dealkylation sites (tertiary alicyclic amines) is 1. The highest BCUT2D eigenvalue weighted by Crippen LogP contribution is 2.31. The normalized spacial score (nSPS) is 20.8. The number of hydrogen-bond donors (Lipinski definition) is 0. The van der Waals surface area contributed by atoms with Gasteiger partial charge in [-0.25, -0.2) is 9.59 Å². The molecule has 0 radical (unpaired) electrons. The van der Waals surface area contributed by atoms with Crippen molar-refractivity contribution >= 4 is 18.0 Å². The van der Waals surface area contributed by atoms with Gasteiger partial charge in [0.05, 0.1) is 24.9 Å². The molecule has 3 aliphatic rings. The Kier molecular flexibility index (Phi) is 10.1. The molecule has 2 fully saturated rings. The van der Waals surface area contributed by atoms with E-state index in [2.05, 4.69) is 16.8 Å². The number of carbonyl (C=O) groups excluding carboxylic acids is 2. The Morgan fingerprint density at radius 1 is 0.977 bits per heavy atom. The summed E-state index contributed by atoms with van der Waals surface area (Å²) < 4.78 is 23.0. The number of methoxy groups -OCH3 is 1. The van der Waals surface area contributed by atoms with Gasteiger partial charge in [0.1, 0.15) is 24.6 Å². The van der Waals surface area contributed by atoms with Gasteiger partial charge in [-0.05, 0) is 59.2 Å². The Morgan fingerprint density at radius 3 is 2.48 bits per heavy atom. The first-order chi connectivity index (χ1) is 21.1. The molecule has 1 aromatic heterocycles. The summed E-state index contributed by atoms with van der Waals surface area (Å²) in [6.07, 6.45) is 2.07. The molecule has 2 atom stereocenters. The highest BCUT2D eigenvalue weighted by Gasteiger charge is 2.36. The lowest BCUT2D eigenvalue weighted by molar-refractivity contribution is 0.00334. The number of fused-ring (bicyclic) bond motifs is 1. The SMILES string of the molecule is COC[C@@H]1CN(c2nc(OC[C@@H]3CCCN3C)nc3c2CCN(C(=O)OCc2ccccc2)C3)CCN1C(=O)OC(C)(C)C. The van der Waals surface area contributed by atoms with E-state index in [0.29, 0.717) is 64.4 Å². The van der Waals surface area contributed by atoms with E-state index in [1.54, 1.807) is 16.9 Å². The summed E-state index contributed by atoms with van der Waals surface area (Å²) in [5, 5.41) is 0. The summed E-state index contributed by atoms with van der Waals surface area (Å²) in [6, 6.07) is 10.0. The van der Waals surface area contributed by atoms with Crippen LogP contribution < -0.4 is 9.64 Å². The molecule has 0 bridgehead atoms. The summed E-state index contributed by atoms with van der Waals surface area (Å²) in [5.74, 6) is 0.784. The van der Waals surface area contributed by atoms with Crippen molar-refractivity contribution in [3.63, 3.8) is 0 Å². The van der Waals surface area contributed by atoms with Gasteiger partial charge in [-0.2, -0.15) is 9.97 Å². The van der Waals surface area contributed by atoms with Crippen molar-refractivity contribution < 1.29 is 28.5 Å². The minimum Gasteiger partial charge on any atom is -0.462 e. The zero-order valence-corrected chi connectivity index (χ0v) is 26.7. The highest BCUT2D eigenvalue weighted by molar-refractivity contribution is 5.70. The first-order valence-corrected chi connectivity index (χ1v) is 15.5. The van der Waals surface area contributed by atoms with E-state index in [0.717, 1.165) is 42.0 Å². The van der Waals surface area contributed by atoms with Crippen LogP contribution in [0.15, 0.2) is 30.3 Å². The van der Waals surface area contributed by atoms with Crippen LogP contribution in [0.1, 0.15) is 50.4 Å². The maximum atomic E-state index is 13.1. The molecular weight excluding hydrogens is 564 g/mol. The number of piperazine rings is 1. The highest BCUT2D eigenvalue weighted by atomic mass is 16.6. The molecule has 3 aliphatic heterocycles. The Balaban J connectivity index is 1.36. The topological polar surface area (TPSA) is 110 Å². The number of hydrogen-bond acceptors (Lipinski definition) is 10. The molecule has 0 spiro atoms. The average molecular weight is 611 g/mol. The lowest BCUT2D eigenvalue weighted by Gasteiger charge is -2.42. The molecule has 2 amide bonds.